The molecule has 1 unspecified atom stereocenters. The van der Waals surface area contributed by atoms with E-state index in [2.05, 4.69) is 20.3 Å². The zero-order valence-electron chi connectivity index (χ0n) is 16.4. The Morgan fingerprint density at radius 2 is 2.13 bits per heavy atom. The molecule has 1 atom stereocenters. The van der Waals surface area contributed by atoms with Gasteiger partial charge in [-0.2, -0.15) is 0 Å². The van der Waals surface area contributed by atoms with Crippen LogP contribution in [0.1, 0.15) is 56.2 Å². The zero-order chi connectivity index (χ0) is 20.8. The molecule has 10 heteroatoms. The van der Waals surface area contributed by atoms with E-state index in [0.29, 0.717) is 22.3 Å². The van der Waals surface area contributed by atoms with E-state index in [0.717, 1.165) is 25.7 Å². The molecule has 156 valence electrons. The highest BCUT2D eigenvalue weighted by Gasteiger charge is 2.32. The van der Waals surface area contributed by atoms with Crippen LogP contribution in [0.5, 0.6) is 0 Å². The molecule has 0 bridgehead atoms. The number of aromatic nitrogens is 4. The summed E-state index contributed by atoms with van der Waals surface area (Å²) >= 11 is 1.21. The minimum Gasteiger partial charge on any atom is -0.467 e. The topological polar surface area (TPSA) is 123 Å². The summed E-state index contributed by atoms with van der Waals surface area (Å²) in [6.45, 7) is 2.05. The molecule has 1 amide bonds. The summed E-state index contributed by atoms with van der Waals surface area (Å²) in [5, 5.41) is 3.06. The van der Waals surface area contributed by atoms with E-state index in [1.807, 2.05) is 0 Å². The average molecular weight is 427 g/mol. The normalized spacial score (nSPS) is 17.2. The van der Waals surface area contributed by atoms with Crippen LogP contribution in [0.15, 0.2) is 37.4 Å². The first-order valence-electron chi connectivity index (χ1n) is 10.0. The molecule has 9 nitrogen and oxygen atoms in total. The van der Waals surface area contributed by atoms with Crippen LogP contribution in [-0.4, -0.2) is 30.7 Å². The van der Waals surface area contributed by atoms with Gasteiger partial charge in [-0.15, -0.1) is 0 Å². The summed E-state index contributed by atoms with van der Waals surface area (Å²) in [5.74, 6) is 1.36. The summed E-state index contributed by atoms with van der Waals surface area (Å²) in [7, 11) is 0. The number of nitrogens with zero attached hydrogens (tertiary/aromatic N) is 3. The first-order chi connectivity index (χ1) is 14.5. The predicted octanol–water partition coefficient (Wildman–Crippen LogP) is 2.08. The third kappa shape index (κ3) is 3.67. The minimum absolute atomic E-state index is 0.0608. The van der Waals surface area contributed by atoms with Crippen molar-refractivity contribution in [3.63, 3.8) is 0 Å². The van der Waals surface area contributed by atoms with Gasteiger partial charge in [-0.25, -0.2) is 14.8 Å². The molecule has 3 heterocycles. The first kappa shape index (κ1) is 19.1. The maximum Gasteiger partial charge on any atom is 0.330 e. The highest BCUT2D eigenvalue weighted by molar-refractivity contribution is 8.00. The molecule has 2 aliphatic rings. The monoisotopic (exact) mass is 427 g/mol. The van der Waals surface area contributed by atoms with Crippen LogP contribution in [0.2, 0.25) is 0 Å². The number of rotatable bonds is 7. The summed E-state index contributed by atoms with van der Waals surface area (Å²) in [6.07, 6.45) is 5.31. The second-order valence-corrected chi connectivity index (χ2v) is 9.11. The van der Waals surface area contributed by atoms with E-state index in [4.69, 9.17) is 4.42 Å². The Hall–Kier alpha value is -2.88. The number of hydrogen-bond acceptors (Lipinski definition) is 7. The van der Waals surface area contributed by atoms with Crippen molar-refractivity contribution in [3.8, 4) is 0 Å². The zero-order valence-corrected chi connectivity index (χ0v) is 17.2. The van der Waals surface area contributed by atoms with Crippen LogP contribution >= 0.6 is 11.8 Å². The molecule has 0 aliphatic heterocycles. The third-order valence-electron chi connectivity index (χ3n) is 5.30. The molecule has 0 radical (unpaired) electrons. The fourth-order valence-electron chi connectivity index (χ4n) is 3.37. The van der Waals surface area contributed by atoms with Gasteiger partial charge >= 0.3 is 5.69 Å². The molecule has 0 spiro atoms. The van der Waals surface area contributed by atoms with Gasteiger partial charge in [0.2, 0.25) is 5.91 Å². The fraction of sp³-hybridized carbons (Fsp3) is 0.450. The summed E-state index contributed by atoms with van der Waals surface area (Å²) in [5.41, 5.74) is -0.565. The van der Waals surface area contributed by atoms with Gasteiger partial charge in [0.05, 0.1) is 18.1 Å². The number of fused-ring (bicyclic) bond motifs is 1. The lowest BCUT2D eigenvalue weighted by molar-refractivity contribution is -0.120. The lowest BCUT2D eigenvalue weighted by Gasteiger charge is -2.14. The van der Waals surface area contributed by atoms with E-state index in [1.165, 1.54) is 11.8 Å². The second-order valence-electron chi connectivity index (χ2n) is 7.78. The highest BCUT2D eigenvalue weighted by atomic mass is 32.2. The van der Waals surface area contributed by atoms with Crippen LogP contribution in [0.3, 0.4) is 0 Å². The Morgan fingerprint density at radius 1 is 1.33 bits per heavy atom. The number of carbonyl (C=O) groups excluding carboxylic acids is 1. The molecule has 3 aromatic rings. The van der Waals surface area contributed by atoms with Gasteiger partial charge in [0.1, 0.15) is 22.0 Å². The van der Waals surface area contributed by atoms with Crippen LogP contribution in [0, 0.1) is 0 Å². The van der Waals surface area contributed by atoms with Gasteiger partial charge in [-0.05, 0) is 44.7 Å². The first-order valence-corrected chi connectivity index (χ1v) is 10.9. The van der Waals surface area contributed by atoms with E-state index < -0.39 is 16.5 Å². The number of carbonyl (C=O) groups is 1. The molecule has 2 N–H and O–H groups in total. The molecule has 2 saturated carbocycles. The Morgan fingerprint density at radius 3 is 2.80 bits per heavy atom. The Balaban J connectivity index is 1.50. The van der Waals surface area contributed by atoms with Crippen LogP contribution in [0.25, 0.3) is 11.0 Å². The van der Waals surface area contributed by atoms with E-state index in [1.54, 1.807) is 29.9 Å². The van der Waals surface area contributed by atoms with Gasteiger partial charge in [-0.1, -0.05) is 11.8 Å². The van der Waals surface area contributed by atoms with Crippen molar-refractivity contribution < 1.29 is 9.21 Å². The lowest BCUT2D eigenvalue weighted by atomic mass is 10.3. The second kappa shape index (κ2) is 7.42. The van der Waals surface area contributed by atoms with Gasteiger partial charge < -0.3 is 9.73 Å². The quantitative estimate of drug-likeness (QED) is 0.437. The molecular formula is C20H21N5O4S. The Labute approximate surface area is 175 Å². The van der Waals surface area contributed by atoms with E-state index in [9.17, 15) is 14.4 Å². The lowest BCUT2D eigenvalue weighted by Crippen LogP contribution is -2.32. The summed E-state index contributed by atoms with van der Waals surface area (Å²) in [4.78, 5) is 49.3. The van der Waals surface area contributed by atoms with Crippen molar-refractivity contribution >= 4 is 28.7 Å². The molecule has 0 saturated heterocycles. The highest BCUT2D eigenvalue weighted by Crippen LogP contribution is 2.41. The molecule has 0 aromatic carbocycles. The molecule has 30 heavy (non-hydrogen) atoms. The smallest absolute Gasteiger partial charge is 0.330 e. The van der Waals surface area contributed by atoms with Crippen molar-refractivity contribution in [1.29, 1.82) is 0 Å². The molecule has 2 fully saturated rings. The Kier molecular flexibility index (Phi) is 4.73. The van der Waals surface area contributed by atoms with Gasteiger partial charge in [0.15, 0.2) is 5.65 Å². The van der Waals surface area contributed by atoms with E-state index >= 15 is 0 Å². The van der Waals surface area contributed by atoms with Gasteiger partial charge in [0, 0.05) is 12.0 Å². The largest absolute Gasteiger partial charge is 0.467 e. The van der Waals surface area contributed by atoms with Crippen molar-refractivity contribution in [1.82, 2.24) is 24.8 Å². The van der Waals surface area contributed by atoms with Crippen molar-refractivity contribution in [2.24, 2.45) is 0 Å². The standard InChI is InChI=1S/C20H21N5O4S/c1-10(17(26)21-9-13-3-2-8-29-13)30-19-14-16(22-15(23-19)11-4-5-11)25(12-6-7-12)20(28)24-18(14)27/h2-3,8,10-12H,4-7,9H2,1H3,(H,21,26)(H,24,27,28). The number of aromatic amines is 1. The molecular weight excluding hydrogens is 406 g/mol. The van der Waals surface area contributed by atoms with Crippen LogP contribution in [-0.2, 0) is 11.3 Å². The number of nitrogens with one attached hydrogen (secondary N) is 2. The number of thioether (sulfide) groups is 1. The molecule has 2 aliphatic carbocycles. The molecule has 5 rings (SSSR count). The maximum absolute atomic E-state index is 12.7. The van der Waals surface area contributed by atoms with Crippen molar-refractivity contribution in [3.05, 3.63) is 50.8 Å². The molecule has 3 aromatic heterocycles. The Bertz CT molecular complexity index is 1220. The fourth-order valence-corrected chi connectivity index (χ4v) is 4.34. The van der Waals surface area contributed by atoms with Crippen LogP contribution in [0.4, 0.5) is 0 Å². The number of amides is 1. The predicted molar refractivity (Wildman–Crippen MR) is 111 cm³/mol. The number of hydrogen-bond donors (Lipinski definition) is 2. The van der Waals surface area contributed by atoms with Crippen LogP contribution < -0.4 is 16.6 Å². The number of H-pyrrole nitrogens is 1. The summed E-state index contributed by atoms with van der Waals surface area (Å²) < 4.78 is 6.82. The number of furan rings is 1. The van der Waals surface area contributed by atoms with E-state index in [-0.39, 0.29) is 29.8 Å². The third-order valence-corrected chi connectivity index (χ3v) is 6.38. The van der Waals surface area contributed by atoms with Crippen molar-refractivity contribution in [2.75, 3.05) is 0 Å². The van der Waals surface area contributed by atoms with Crippen molar-refractivity contribution in [2.45, 2.75) is 61.4 Å². The summed E-state index contributed by atoms with van der Waals surface area (Å²) in [6, 6.07) is 3.61. The van der Waals surface area contributed by atoms with Gasteiger partial charge in [0.25, 0.3) is 5.56 Å². The minimum atomic E-state index is -0.514. The SMILES string of the molecule is CC(Sc1nc(C2CC2)nc2c1c(=O)[nH]c(=O)n2C1CC1)C(=O)NCc1ccco1. The average Bonchev–Trinajstić information content (AvgIpc) is 3.65. The maximum atomic E-state index is 12.7. The van der Waals surface area contributed by atoms with Gasteiger partial charge in [-0.3, -0.25) is 19.1 Å².